The van der Waals surface area contributed by atoms with Crippen LogP contribution < -0.4 is 10.6 Å². The Kier molecular flexibility index (Phi) is 5.48. The molecule has 0 atom stereocenters. The van der Waals surface area contributed by atoms with Crippen LogP contribution in [0.25, 0.3) is 21.9 Å². The average Bonchev–Trinajstić information content (AvgIpc) is 2.75. The van der Waals surface area contributed by atoms with Gasteiger partial charge in [0, 0.05) is 30.0 Å². The Morgan fingerprint density at radius 3 is 2.47 bits per heavy atom. The molecule has 0 saturated carbocycles. The van der Waals surface area contributed by atoms with E-state index in [0.29, 0.717) is 6.54 Å². The van der Waals surface area contributed by atoms with Crippen molar-refractivity contribution in [2.24, 2.45) is 0 Å². The van der Waals surface area contributed by atoms with Crippen molar-refractivity contribution in [3.8, 4) is 11.1 Å². The summed E-state index contributed by atoms with van der Waals surface area (Å²) in [5, 5.41) is 8.05. The molecule has 1 heterocycles. The normalized spacial score (nSPS) is 10.8. The van der Waals surface area contributed by atoms with Gasteiger partial charge in [0.25, 0.3) is 0 Å². The molecule has 2 amide bonds. The summed E-state index contributed by atoms with van der Waals surface area (Å²) in [5.74, 6) is 0. The van der Waals surface area contributed by atoms with Crippen LogP contribution in [0, 0.1) is 20.8 Å². The van der Waals surface area contributed by atoms with E-state index in [0.717, 1.165) is 27.6 Å². The third-order valence-electron chi connectivity index (χ3n) is 5.55. The maximum atomic E-state index is 12.4. The highest BCUT2D eigenvalue weighted by Gasteiger charge is 2.11. The van der Waals surface area contributed by atoms with Crippen LogP contribution in [-0.4, -0.2) is 11.0 Å². The lowest BCUT2D eigenvalue weighted by atomic mass is 9.94. The number of amides is 2. The molecule has 0 aliphatic rings. The van der Waals surface area contributed by atoms with Gasteiger partial charge in [0.1, 0.15) is 0 Å². The van der Waals surface area contributed by atoms with E-state index in [-0.39, 0.29) is 6.03 Å². The summed E-state index contributed by atoms with van der Waals surface area (Å²) in [6.45, 7) is 6.63. The first-order chi connectivity index (χ1) is 14.5. The molecule has 0 saturated heterocycles. The first-order valence-electron chi connectivity index (χ1n) is 10.1. The van der Waals surface area contributed by atoms with Crippen molar-refractivity contribution < 1.29 is 4.79 Å². The second-order valence-electron chi connectivity index (χ2n) is 7.62. The van der Waals surface area contributed by atoms with Gasteiger partial charge in [0.2, 0.25) is 0 Å². The zero-order valence-electron chi connectivity index (χ0n) is 17.5. The quantitative estimate of drug-likeness (QED) is 0.435. The van der Waals surface area contributed by atoms with Gasteiger partial charge in [-0.2, -0.15) is 0 Å². The molecule has 0 aliphatic heterocycles. The maximum Gasteiger partial charge on any atom is 0.319 e. The van der Waals surface area contributed by atoms with E-state index in [4.69, 9.17) is 0 Å². The van der Waals surface area contributed by atoms with E-state index in [1.165, 1.54) is 22.3 Å². The van der Waals surface area contributed by atoms with Crippen LogP contribution in [0.5, 0.6) is 0 Å². The highest BCUT2D eigenvalue weighted by Crippen LogP contribution is 2.32. The Labute approximate surface area is 177 Å². The second-order valence-corrected chi connectivity index (χ2v) is 7.62. The van der Waals surface area contributed by atoms with Gasteiger partial charge < -0.3 is 10.6 Å². The Bertz CT molecular complexity index is 1230. The van der Waals surface area contributed by atoms with Crippen molar-refractivity contribution in [2.45, 2.75) is 27.3 Å². The summed E-state index contributed by atoms with van der Waals surface area (Å²) >= 11 is 0. The Morgan fingerprint density at radius 2 is 1.67 bits per heavy atom. The standard InChI is InChI=1S/C26H25N3O/c1-17-8-10-21(14-19(17)3)29-26(30)28-15-20-9-11-23(22-7-5-4-6-18(22)2)24-12-13-27-16-25(20)24/h4-14,16H,15H2,1-3H3,(H2,28,29,30). The smallest absolute Gasteiger partial charge is 0.319 e. The van der Waals surface area contributed by atoms with Crippen LogP contribution in [0.2, 0.25) is 0 Å². The molecule has 0 bridgehead atoms. The van der Waals surface area contributed by atoms with E-state index >= 15 is 0 Å². The number of anilines is 1. The topological polar surface area (TPSA) is 54.0 Å². The molecule has 4 rings (SSSR count). The van der Waals surface area contributed by atoms with Crippen molar-refractivity contribution in [2.75, 3.05) is 5.32 Å². The zero-order valence-corrected chi connectivity index (χ0v) is 17.5. The Morgan fingerprint density at radius 1 is 0.833 bits per heavy atom. The van der Waals surface area contributed by atoms with E-state index in [9.17, 15) is 4.79 Å². The van der Waals surface area contributed by atoms with Crippen molar-refractivity contribution in [3.05, 3.63) is 95.3 Å². The van der Waals surface area contributed by atoms with Gasteiger partial charge >= 0.3 is 6.03 Å². The molecule has 4 nitrogen and oxygen atoms in total. The lowest BCUT2D eigenvalue weighted by molar-refractivity contribution is 0.252. The second kappa shape index (κ2) is 8.37. The minimum Gasteiger partial charge on any atom is -0.334 e. The van der Waals surface area contributed by atoms with Gasteiger partial charge in [-0.3, -0.25) is 4.98 Å². The number of carbonyl (C=O) groups excluding carboxylic acids is 1. The summed E-state index contributed by atoms with van der Waals surface area (Å²) in [6.07, 6.45) is 3.68. The van der Waals surface area contributed by atoms with Crippen LogP contribution in [0.4, 0.5) is 10.5 Å². The summed E-state index contributed by atoms with van der Waals surface area (Å²) in [7, 11) is 0. The van der Waals surface area contributed by atoms with Crippen molar-refractivity contribution in [1.29, 1.82) is 0 Å². The molecule has 3 aromatic carbocycles. The summed E-state index contributed by atoms with van der Waals surface area (Å²) < 4.78 is 0. The number of rotatable bonds is 4. The number of hydrogen-bond acceptors (Lipinski definition) is 2. The molecule has 150 valence electrons. The first kappa shape index (κ1) is 19.6. The molecule has 0 spiro atoms. The van der Waals surface area contributed by atoms with E-state index in [2.05, 4.69) is 65.9 Å². The number of carbonyl (C=O) groups is 1. The number of benzene rings is 3. The van der Waals surface area contributed by atoms with Crippen molar-refractivity contribution in [3.63, 3.8) is 0 Å². The SMILES string of the molecule is Cc1ccc(NC(=O)NCc2ccc(-c3ccccc3C)c3ccncc23)cc1C. The van der Waals surface area contributed by atoms with Crippen molar-refractivity contribution >= 4 is 22.5 Å². The van der Waals surface area contributed by atoms with E-state index in [1.54, 1.807) is 0 Å². The Hall–Kier alpha value is -3.66. The van der Waals surface area contributed by atoms with Crippen LogP contribution in [0.15, 0.2) is 73.1 Å². The number of urea groups is 1. The van der Waals surface area contributed by atoms with Gasteiger partial charge in [0.15, 0.2) is 0 Å². The molecule has 0 aliphatic carbocycles. The van der Waals surface area contributed by atoms with Crippen LogP contribution in [0.1, 0.15) is 22.3 Å². The minimum absolute atomic E-state index is 0.224. The number of fused-ring (bicyclic) bond motifs is 1. The van der Waals surface area contributed by atoms with Gasteiger partial charge in [-0.25, -0.2) is 4.79 Å². The number of hydrogen-bond donors (Lipinski definition) is 2. The van der Waals surface area contributed by atoms with Gasteiger partial charge in [0.05, 0.1) is 0 Å². The van der Waals surface area contributed by atoms with Crippen LogP contribution in [0.3, 0.4) is 0 Å². The Balaban J connectivity index is 1.56. The lowest BCUT2D eigenvalue weighted by Gasteiger charge is -2.14. The molecular weight excluding hydrogens is 370 g/mol. The highest BCUT2D eigenvalue weighted by molar-refractivity contribution is 5.99. The predicted molar refractivity (Wildman–Crippen MR) is 124 cm³/mol. The minimum atomic E-state index is -0.224. The van der Waals surface area contributed by atoms with Crippen molar-refractivity contribution in [1.82, 2.24) is 10.3 Å². The molecule has 2 N–H and O–H groups in total. The van der Waals surface area contributed by atoms with Gasteiger partial charge in [-0.15, -0.1) is 0 Å². The summed E-state index contributed by atoms with van der Waals surface area (Å²) in [4.78, 5) is 16.7. The number of nitrogens with zero attached hydrogens (tertiary/aromatic N) is 1. The molecule has 0 unspecified atom stereocenters. The maximum absolute atomic E-state index is 12.4. The molecule has 4 heteroatoms. The fourth-order valence-corrected chi connectivity index (χ4v) is 3.68. The average molecular weight is 396 g/mol. The number of pyridine rings is 1. The summed E-state index contributed by atoms with van der Waals surface area (Å²) in [6, 6.07) is 20.3. The third-order valence-corrected chi connectivity index (χ3v) is 5.55. The third kappa shape index (κ3) is 4.03. The lowest BCUT2D eigenvalue weighted by Crippen LogP contribution is -2.28. The largest absolute Gasteiger partial charge is 0.334 e. The van der Waals surface area contributed by atoms with Gasteiger partial charge in [-0.05, 0) is 77.7 Å². The summed E-state index contributed by atoms with van der Waals surface area (Å²) in [5.41, 5.74) is 7.79. The van der Waals surface area contributed by atoms with E-state index < -0.39 is 0 Å². The first-order valence-corrected chi connectivity index (χ1v) is 10.1. The zero-order chi connectivity index (χ0) is 21.1. The van der Waals surface area contributed by atoms with Crippen LogP contribution in [-0.2, 0) is 6.54 Å². The molecule has 4 aromatic rings. The molecule has 0 radical (unpaired) electrons. The van der Waals surface area contributed by atoms with Crippen LogP contribution >= 0.6 is 0 Å². The predicted octanol–water partition coefficient (Wildman–Crippen LogP) is 6.15. The highest BCUT2D eigenvalue weighted by atomic mass is 16.2. The number of aryl methyl sites for hydroxylation is 3. The van der Waals surface area contributed by atoms with E-state index in [1.807, 2.05) is 43.6 Å². The number of aromatic nitrogens is 1. The fraction of sp³-hybridized carbons (Fsp3) is 0.154. The molecular formula is C26H25N3O. The number of nitrogens with one attached hydrogen (secondary N) is 2. The molecule has 0 fully saturated rings. The fourth-order valence-electron chi connectivity index (χ4n) is 3.68. The monoisotopic (exact) mass is 395 g/mol. The van der Waals surface area contributed by atoms with Gasteiger partial charge in [-0.1, -0.05) is 42.5 Å². The molecule has 30 heavy (non-hydrogen) atoms. The molecule has 1 aromatic heterocycles.